The minimum atomic E-state index is -0.698. The Kier molecular flexibility index (Phi) is 12.2. The third-order valence-electron chi connectivity index (χ3n) is 8.44. The fraction of sp³-hybridized carbons (Fsp3) is 0.216. The minimum Gasteiger partial charge on any atom is -0.504 e. The van der Waals surface area contributed by atoms with Gasteiger partial charge in [0.15, 0.2) is 11.5 Å². The van der Waals surface area contributed by atoms with Crippen LogP contribution in [0.2, 0.25) is 0 Å². The van der Waals surface area contributed by atoms with Crippen molar-refractivity contribution in [2.75, 3.05) is 25.1 Å². The van der Waals surface area contributed by atoms with Gasteiger partial charge >= 0.3 is 0 Å². The van der Waals surface area contributed by atoms with Gasteiger partial charge in [-0.3, -0.25) is 14.8 Å². The summed E-state index contributed by atoms with van der Waals surface area (Å²) in [7, 11) is 1.45. The number of hydrogen-bond donors (Lipinski definition) is 5. The Morgan fingerprint density at radius 3 is 2.34 bits per heavy atom. The van der Waals surface area contributed by atoms with Crippen LogP contribution in [0.4, 0.5) is 10.2 Å². The molecule has 256 valence electrons. The standard InChI is InChI=1S/C36H33FN6O4.CH2O2/c1-36(41-21-24-5-3-23(4-6-24)7-12-33(45)42-46)13-15-43(16-14-36)35-28(20-39)34(26-8-9-27(19-38)30(37)17-26)29(22-40-35)25-10-11-32(47-2)31(44)18-25;2-1-3/h3-12,17-18,22,41,44,46H,13-16,21H2,1-2H3,(H,42,45);1H,(H,2,3)/b12-7+;. The number of carbonyl (C=O) groups is 2. The number of piperidine rings is 1. The van der Waals surface area contributed by atoms with Gasteiger partial charge in [-0.2, -0.15) is 10.5 Å². The lowest BCUT2D eigenvalue weighted by Crippen LogP contribution is -2.51. The number of rotatable bonds is 9. The van der Waals surface area contributed by atoms with Crippen molar-refractivity contribution in [1.29, 1.82) is 10.5 Å². The second-order valence-corrected chi connectivity index (χ2v) is 11.6. The van der Waals surface area contributed by atoms with E-state index in [1.54, 1.807) is 36.0 Å². The largest absolute Gasteiger partial charge is 0.504 e. The van der Waals surface area contributed by atoms with Crippen LogP contribution in [0, 0.1) is 28.5 Å². The van der Waals surface area contributed by atoms with Crippen LogP contribution in [0.3, 0.4) is 0 Å². The predicted octanol–water partition coefficient (Wildman–Crippen LogP) is 5.38. The van der Waals surface area contributed by atoms with E-state index in [4.69, 9.17) is 24.8 Å². The Labute approximate surface area is 288 Å². The van der Waals surface area contributed by atoms with Gasteiger partial charge in [0.1, 0.15) is 29.3 Å². The molecule has 3 aromatic carbocycles. The number of benzene rings is 3. The number of carboxylic acid groups (broad SMARTS) is 1. The van der Waals surface area contributed by atoms with Crippen LogP contribution >= 0.6 is 0 Å². The topological polar surface area (TPSA) is 192 Å². The van der Waals surface area contributed by atoms with Crippen molar-refractivity contribution in [3.05, 3.63) is 101 Å². The first-order chi connectivity index (χ1) is 24.1. The predicted molar refractivity (Wildman–Crippen MR) is 184 cm³/mol. The lowest BCUT2D eigenvalue weighted by molar-refractivity contribution is -0.124. The van der Waals surface area contributed by atoms with Gasteiger partial charge in [-0.25, -0.2) is 14.9 Å². The van der Waals surface area contributed by atoms with Crippen molar-refractivity contribution >= 4 is 24.3 Å². The van der Waals surface area contributed by atoms with Crippen molar-refractivity contribution in [2.45, 2.75) is 31.8 Å². The quantitative estimate of drug-likeness (QED) is 0.0661. The molecule has 1 aliphatic rings. The summed E-state index contributed by atoms with van der Waals surface area (Å²) in [6.45, 7) is 3.78. The van der Waals surface area contributed by atoms with E-state index in [1.807, 2.05) is 30.3 Å². The molecule has 5 N–H and O–H groups in total. The van der Waals surface area contributed by atoms with E-state index in [-0.39, 0.29) is 34.6 Å². The van der Waals surface area contributed by atoms with Gasteiger partial charge < -0.3 is 25.2 Å². The zero-order chi connectivity index (χ0) is 36.3. The number of phenolic OH excluding ortho intramolecular Hbond substituents is 1. The van der Waals surface area contributed by atoms with Crippen LogP contribution in [0.5, 0.6) is 11.5 Å². The molecule has 0 spiro atoms. The number of nitrogens with one attached hydrogen (secondary N) is 2. The summed E-state index contributed by atoms with van der Waals surface area (Å²) in [5, 5.41) is 49.5. The molecular weight excluding hydrogens is 643 g/mol. The molecule has 0 bridgehead atoms. The number of nitriles is 2. The number of pyridine rings is 1. The van der Waals surface area contributed by atoms with Crippen molar-refractivity contribution in [3.63, 3.8) is 0 Å². The van der Waals surface area contributed by atoms with E-state index in [0.717, 1.165) is 24.0 Å². The summed E-state index contributed by atoms with van der Waals surface area (Å²) in [5.41, 5.74) is 5.40. The summed E-state index contributed by atoms with van der Waals surface area (Å²) >= 11 is 0. The van der Waals surface area contributed by atoms with E-state index in [2.05, 4.69) is 23.2 Å². The van der Waals surface area contributed by atoms with Gasteiger partial charge in [-0.1, -0.05) is 36.4 Å². The fourth-order valence-electron chi connectivity index (χ4n) is 5.64. The lowest BCUT2D eigenvalue weighted by Gasteiger charge is -2.41. The second-order valence-electron chi connectivity index (χ2n) is 11.6. The van der Waals surface area contributed by atoms with Crippen LogP contribution in [-0.2, 0) is 16.1 Å². The highest BCUT2D eigenvalue weighted by molar-refractivity contribution is 5.91. The first-order valence-electron chi connectivity index (χ1n) is 15.4. The number of hydrogen-bond acceptors (Lipinski definition) is 10. The van der Waals surface area contributed by atoms with E-state index < -0.39 is 11.7 Å². The summed E-state index contributed by atoms with van der Waals surface area (Å²) < 4.78 is 20.1. The zero-order valence-corrected chi connectivity index (χ0v) is 27.4. The van der Waals surface area contributed by atoms with Crippen molar-refractivity contribution in [3.8, 4) is 45.9 Å². The number of aromatic hydroxyl groups is 1. The fourth-order valence-corrected chi connectivity index (χ4v) is 5.64. The Balaban J connectivity index is 0.00000181. The van der Waals surface area contributed by atoms with Gasteiger partial charge in [0.05, 0.1) is 12.7 Å². The summed E-state index contributed by atoms with van der Waals surface area (Å²) in [6, 6.07) is 21.0. The molecule has 4 aromatic rings. The number of nitrogens with zero attached hydrogens (tertiary/aromatic N) is 4. The molecule has 0 atom stereocenters. The SMILES string of the molecule is COc1ccc(-c2cnc(N3CCC(C)(NCc4ccc(/C=C/C(=O)NO)cc4)CC3)c(C#N)c2-c2ccc(C#N)c(F)c2)cc1O.O=CO. The van der Waals surface area contributed by atoms with E-state index in [0.29, 0.717) is 47.7 Å². The van der Waals surface area contributed by atoms with Crippen LogP contribution < -0.4 is 20.4 Å². The van der Waals surface area contributed by atoms with Crippen molar-refractivity contribution in [2.24, 2.45) is 0 Å². The number of phenols is 1. The van der Waals surface area contributed by atoms with Gasteiger partial charge in [0.25, 0.3) is 12.4 Å². The first-order valence-corrected chi connectivity index (χ1v) is 15.4. The monoisotopic (exact) mass is 678 g/mol. The molecule has 12 nitrogen and oxygen atoms in total. The summed E-state index contributed by atoms with van der Waals surface area (Å²) in [4.78, 5) is 26.4. The molecule has 2 heterocycles. The maximum absolute atomic E-state index is 14.9. The van der Waals surface area contributed by atoms with Gasteiger partial charge in [0, 0.05) is 48.6 Å². The van der Waals surface area contributed by atoms with E-state index in [1.165, 1.54) is 31.4 Å². The maximum Gasteiger partial charge on any atom is 0.290 e. The van der Waals surface area contributed by atoms with E-state index >= 15 is 0 Å². The highest BCUT2D eigenvalue weighted by Crippen LogP contribution is 2.41. The van der Waals surface area contributed by atoms with Crippen LogP contribution in [0.25, 0.3) is 28.3 Å². The van der Waals surface area contributed by atoms with Crippen LogP contribution in [0.1, 0.15) is 42.0 Å². The number of carbonyl (C=O) groups excluding carboxylic acids is 1. The third kappa shape index (κ3) is 8.59. The minimum absolute atomic E-state index is 0.0905. The summed E-state index contributed by atoms with van der Waals surface area (Å²) in [5.74, 6) is -0.619. The zero-order valence-electron chi connectivity index (χ0n) is 27.4. The molecule has 1 saturated heterocycles. The Morgan fingerprint density at radius 2 is 1.76 bits per heavy atom. The molecule has 5 rings (SSSR count). The van der Waals surface area contributed by atoms with Gasteiger partial charge in [-0.05, 0) is 72.4 Å². The average Bonchev–Trinajstić information content (AvgIpc) is 3.13. The summed E-state index contributed by atoms with van der Waals surface area (Å²) in [6.07, 6.45) is 6.03. The smallest absolute Gasteiger partial charge is 0.290 e. The molecule has 1 fully saturated rings. The number of halogens is 1. The normalized spacial score (nSPS) is 13.4. The molecule has 1 aromatic heterocycles. The second kappa shape index (κ2) is 16.7. The van der Waals surface area contributed by atoms with E-state index in [9.17, 15) is 24.8 Å². The Hall–Kier alpha value is -6.28. The highest BCUT2D eigenvalue weighted by Gasteiger charge is 2.32. The number of ether oxygens (including phenoxy) is 1. The number of amides is 1. The molecule has 1 aliphatic heterocycles. The molecule has 1 amide bonds. The average molecular weight is 679 g/mol. The molecule has 0 aliphatic carbocycles. The molecule has 13 heteroatoms. The van der Waals surface area contributed by atoms with Crippen LogP contribution in [0.15, 0.2) is 72.9 Å². The Bertz CT molecular complexity index is 1960. The Morgan fingerprint density at radius 1 is 1.08 bits per heavy atom. The lowest BCUT2D eigenvalue weighted by atomic mass is 9.88. The maximum atomic E-state index is 14.9. The third-order valence-corrected chi connectivity index (χ3v) is 8.44. The highest BCUT2D eigenvalue weighted by atomic mass is 19.1. The first kappa shape index (κ1) is 36.6. The molecule has 0 radical (unpaired) electrons. The van der Waals surface area contributed by atoms with Gasteiger partial charge in [-0.15, -0.1) is 0 Å². The number of aromatic nitrogens is 1. The number of anilines is 1. The molecule has 50 heavy (non-hydrogen) atoms. The van der Waals surface area contributed by atoms with Gasteiger partial charge in [0.2, 0.25) is 0 Å². The molecular formula is C37H35FN6O6. The number of methoxy groups -OCH3 is 1. The van der Waals surface area contributed by atoms with Crippen molar-refractivity contribution < 1.29 is 34.1 Å². The van der Waals surface area contributed by atoms with Crippen molar-refractivity contribution in [1.82, 2.24) is 15.8 Å². The molecule has 0 saturated carbocycles. The molecule has 0 unspecified atom stereocenters. The number of hydroxylamine groups is 1. The van der Waals surface area contributed by atoms with Crippen LogP contribution in [-0.4, -0.2) is 58.5 Å².